The predicted octanol–water partition coefficient (Wildman–Crippen LogP) is 2.95. The zero-order valence-corrected chi connectivity index (χ0v) is 20.4. The molecule has 178 valence electrons. The van der Waals surface area contributed by atoms with Gasteiger partial charge in [0.1, 0.15) is 18.1 Å². The van der Waals surface area contributed by atoms with Crippen molar-refractivity contribution < 1.29 is 22.4 Å². The minimum atomic E-state index is -3.64. The van der Waals surface area contributed by atoms with Gasteiger partial charge < -0.3 is 14.6 Å². The molecule has 2 aliphatic heterocycles. The maximum atomic E-state index is 13.2. The van der Waals surface area contributed by atoms with Crippen molar-refractivity contribution in [1.29, 1.82) is 0 Å². The number of hydrogen-bond donors (Lipinski definition) is 1. The van der Waals surface area contributed by atoms with E-state index >= 15 is 0 Å². The molecule has 0 radical (unpaired) electrons. The molecule has 0 bridgehead atoms. The minimum absolute atomic E-state index is 0.148. The van der Waals surface area contributed by atoms with Crippen LogP contribution in [0.1, 0.15) is 50.7 Å². The molecule has 0 aliphatic carbocycles. The Morgan fingerprint density at radius 3 is 2.52 bits per heavy atom. The number of rotatable bonds is 6. The van der Waals surface area contributed by atoms with Crippen LogP contribution in [0.2, 0.25) is 0 Å². The zero-order valence-electron chi connectivity index (χ0n) is 19.6. The summed E-state index contributed by atoms with van der Waals surface area (Å²) in [4.78, 5) is 27.3. The lowest BCUT2D eigenvalue weighted by atomic mass is 9.86. The van der Waals surface area contributed by atoms with Crippen molar-refractivity contribution in [3.8, 4) is 0 Å². The smallest absolute Gasteiger partial charge is 0.243 e. The van der Waals surface area contributed by atoms with Crippen LogP contribution in [0.4, 0.5) is 5.69 Å². The molecule has 3 heterocycles. The summed E-state index contributed by atoms with van der Waals surface area (Å²) in [5.41, 5.74) is 0.254. The first-order valence-corrected chi connectivity index (χ1v) is 12.7. The summed E-state index contributed by atoms with van der Waals surface area (Å²) in [5, 5.41) is 2.77. The molecule has 9 heteroatoms. The largest absolute Gasteiger partial charge is 0.465 e. The van der Waals surface area contributed by atoms with E-state index in [9.17, 15) is 18.0 Å². The number of hydrogen-bond acceptors (Lipinski definition) is 5. The predicted molar refractivity (Wildman–Crippen MR) is 124 cm³/mol. The van der Waals surface area contributed by atoms with Gasteiger partial charge in [0.15, 0.2) is 0 Å². The molecule has 1 aromatic carbocycles. The van der Waals surface area contributed by atoms with Crippen LogP contribution in [0.5, 0.6) is 0 Å². The Labute approximate surface area is 195 Å². The number of nitrogens with zero attached hydrogens (tertiary/aromatic N) is 2. The topological polar surface area (TPSA) is 99.9 Å². The number of fused-ring (bicyclic) bond motifs is 1. The third kappa shape index (κ3) is 4.44. The summed E-state index contributed by atoms with van der Waals surface area (Å²) >= 11 is 0. The number of anilines is 1. The molecule has 0 spiro atoms. The van der Waals surface area contributed by atoms with Gasteiger partial charge in [-0.05, 0) is 75.4 Å². The standard InChI is InChI=1S/C24H31N3O5S/c1-16-9-11-26(12-10-16)33(30,31)19-7-8-21-20(13-19)24(3,4)23(29)27(21)15-22(28)25-14-18-6-5-17(2)32-18/h5-8,13,16H,9-12,14-15H2,1-4H3,(H,25,28). The highest BCUT2D eigenvalue weighted by Gasteiger charge is 2.45. The molecule has 1 aromatic heterocycles. The second-order valence-corrected chi connectivity index (χ2v) is 11.5. The van der Waals surface area contributed by atoms with Crippen LogP contribution in [0, 0.1) is 12.8 Å². The maximum Gasteiger partial charge on any atom is 0.243 e. The van der Waals surface area contributed by atoms with Crippen molar-refractivity contribution in [2.75, 3.05) is 24.5 Å². The molecule has 2 aromatic rings. The summed E-state index contributed by atoms with van der Waals surface area (Å²) in [6, 6.07) is 8.40. The lowest BCUT2D eigenvalue weighted by Crippen LogP contribution is -2.42. The van der Waals surface area contributed by atoms with E-state index in [-0.39, 0.29) is 29.8 Å². The Bertz CT molecular complexity index is 1180. The first-order valence-electron chi connectivity index (χ1n) is 11.3. The summed E-state index contributed by atoms with van der Waals surface area (Å²) in [6.07, 6.45) is 1.68. The number of amides is 2. The number of furan rings is 1. The normalized spacial score (nSPS) is 19.0. The molecule has 33 heavy (non-hydrogen) atoms. The second kappa shape index (κ2) is 8.61. The van der Waals surface area contributed by atoms with Gasteiger partial charge in [-0.1, -0.05) is 6.92 Å². The number of carbonyl (C=O) groups is 2. The molecule has 0 saturated carbocycles. The monoisotopic (exact) mass is 473 g/mol. The molecule has 2 aliphatic rings. The Hall–Kier alpha value is -2.65. The highest BCUT2D eigenvalue weighted by Crippen LogP contribution is 2.42. The molecular weight excluding hydrogens is 442 g/mol. The fourth-order valence-corrected chi connectivity index (χ4v) is 5.97. The van der Waals surface area contributed by atoms with Crippen LogP contribution >= 0.6 is 0 Å². The summed E-state index contributed by atoms with van der Waals surface area (Å²) in [6.45, 7) is 8.57. The van der Waals surface area contributed by atoms with Gasteiger partial charge in [0.25, 0.3) is 0 Å². The van der Waals surface area contributed by atoms with E-state index in [1.54, 1.807) is 32.0 Å². The average Bonchev–Trinajstić information content (AvgIpc) is 3.27. The van der Waals surface area contributed by atoms with Crippen LogP contribution in [0.3, 0.4) is 0 Å². The van der Waals surface area contributed by atoms with Gasteiger partial charge in [-0.25, -0.2) is 8.42 Å². The van der Waals surface area contributed by atoms with E-state index in [0.29, 0.717) is 36.0 Å². The van der Waals surface area contributed by atoms with Crippen LogP contribution in [-0.2, 0) is 31.6 Å². The number of carbonyl (C=O) groups excluding carboxylic acids is 2. The molecule has 1 saturated heterocycles. The van der Waals surface area contributed by atoms with Crippen molar-refractivity contribution in [2.45, 2.75) is 57.4 Å². The lowest BCUT2D eigenvalue weighted by Gasteiger charge is -2.29. The molecule has 1 N–H and O–H groups in total. The third-order valence-electron chi connectivity index (χ3n) is 6.65. The number of benzene rings is 1. The fourth-order valence-electron chi connectivity index (χ4n) is 4.47. The van der Waals surface area contributed by atoms with Crippen molar-refractivity contribution in [3.63, 3.8) is 0 Å². The van der Waals surface area contributed by atoms with Crippen molar-refractivity contribution >= 4 is 27.5 Å². The van der Waals surface area contributed by atoms with Crippen molar-refractivity contribution in [1.82, 2.24) is 9.62 Å². The van der Waals surface area contributed by atoms with E-state index in [2.05, 4.69) is 12.2 Å². The number of nitrogens with one attached hydrogen (secondary N) is 1. The summed E-state index contributed by atoms with van der Waals surface area (Å²) in [5.74, 6) is 1.36. The van der Waals surface area contributed by atoms with Crippen LogP contribution in [0.25, 0.3) is 0 Å². The number of piperidine rings is 1. The van der Waals surface area contributed by atoms with Crippen molar-refractivity contribution in [2.24, 2.45) is 5.92 Å². The Balaban J connectivity index is 1.54. The summed E-state index contributed by atoms with van der Waals surface area (Å²) in [7, 11) is -3.64. The summed E-state index contributed by atoms with van der Waals surface area (Å²) < 4.78 is 33.4. The van der Waals surface area contributed by atoms with E-state index in [0.717, 1.165) is 18.6 Å². The van der Waals surface area contributed by atoms with Crippen molar-refractivity contribution in [3.05, 3.63) is 47.4 Å². The van der Waals surface area contributed by atoms with Gasteiger partial charge in [0.05, 0.1) is 16.9 Å². The van der Waals surface area contributed by atoms with Crippen LogP contribution in [-0.4, -0.2) is 44.2 Å². The molecule has 0 atom stereocenters. The van der Waals surface area contributed by atoms with Gasteiger partial charge in [0, 0.05) is 18.8 Å². The lowest BCUT2D eigenvalue weighted by molar-refractivity contribution is -0.125. The number of aryl methyl sites for hydroxylation is 1. The van der Waals surface area contributed by atoms with Gasteiger partial charge in [-0.2, -0.15) is 4.31 Å². The molecule has 4 rings (SSSR count). The average molecular weight is 474 g/mol. The van der Waals surface area contributed by atoms with Gasteiger partial charge in [-0.15, -0.1) is 0 Å². The Morgan fingerprint density at radius 2 is 1.88 bits per heavy atom. The fraction of sp³-hybridized carbons (Fsp3) is 0.500. The molecule has 8 nitrogen and oxygen atoms in total. The zero-order chi connectivity index (χ0) is 24.0. The van der Waals surface area contributed by atoms with Gasteiger partial charge in [0.2, 0.25) is 21.8 Å². The molecule has 1 fully saturated rings. The first kappa shape index (κ1) is 23.5. The van der Waals surface area contributed by atoms with Crippen LogP contribution < -0.4 is 10.2 Å². The van der Waals surface area contributed by atoms with Crippen LogP contribution in [0.15, 0.2) is 39.6 Å². The molecular formula is C24H31N3O5S. The number of sulfonamides is 1. The molecule has 0 unspecified atom stereocenters. The quantitative estimate of drug-likeness (QED) is 0.695. The van der Waals surface area contributed by atoms with Gasteiger partial charge >= 0.3 is 0 Å². The molecule has 2 amide bonds. The van der Waals surface area contributed by atoms with E-state index in [1.165, 1.54) is 15.3 Å². The van der Waals surface area contributed by atoms with Gasteiger partial charge in [-0.3, -0.25) is 9.59 Å². The minimum Gasteiger partial charge on any atom is -0.465 e. The highest BCUT2D eigenvalue weighted by atomic mass is 32.2. The Morgan fingerprint density at radius 1 is 1.18 bits per heavy atom. The first-order chi connectivity index (χ1) is 15.5. The highest BCUT2D eigenvalue weighted by molar-refractivity contribution is 7.89. The maximum absolute atomic E-state index is 13.2. The van der Waals surface area contributed by atoms with E-state index in [4.69, 9.17) is 4.42 Å². The Kier molecular flexibility index (Phi) is 6.13. The van der Waals surface area contributed by atoms with E-state index in [1.807, 2.05) is 13.0 Å². The second-order valence-electron chi connectivity index (χ2n) is 9.57. The third-order valence-corrected chi connectivity index (χ3v) is 8.54. The van der Waals surface area contributed by atoms with E-state index < -0.39 is 15.4 Å². The SMILES string of the molecule is Cc1ccc(CNC(=O)CN2C(=O)C(C)(C)c3cc(S(=O)(=O)N4CCC(C)CC4)ccc32)o1.